The molecule has 1 N–H and O–H groups in total. The van der Waals surface area contributed by atoms with E-state index in [1.807, 2.05) is 0 Å². The van der Waals surface area contributed by atoms with Gasteiger partial charge in [0.1, 0.15) is 36.4 Å². The number of hydrogen-bond donors (Lipinski definition) is 1. The molecule has 34 heavy (non-hydrogen) atoms. The van der Waals surface area contributed by atoms with Crippen LogP contribution in [0.25, 0.3) is 28.2 Å². The second kappa shape index (κ2) is 7.69. The van der Waals surface area contributed by atoms with Crippen molar-refractivity contribution in [2.45, 2.75) is 6.04 Å². The first-order valence-corrected chi connectivity index (χ1v) is 10.2. The van der Waals surface area contributed by atoms with Crippen LogP contribution in [-0.4, -0.2) is 47.5 Å². The van der Waals surface area contributed by atoms with Crippen LogP contribution in [-0.2, 0) is 4.74 Å². The molecule has 1 atom stereocenters. The maximum atomic E-state index is 14.8. The van der Waals surface area contributed by atoms with Gasteiger partial charge in [0, 0.05) is 11.8 Å². The van der Waals surface area contributed by atoms with E-state index < -0.39 is 23.8 Å². The largest absolute Gasteiger partial charge is 0.446 e. The van der Waals surface area contributed by atoms with Crippen LogP contribution < -0.4 is 4.90 Å². The standard InChI is InChI=1S/C22H14F2N8O2/c23-13-2-4-17(25-8-13)18-10-34-22(33)32(18)19-5-6-31-21(29-19)15(9-28-31)12-1-3-14(16(24)7-12)20-26-11-27-30-20/h1-9,11,18H,10H2,(H,26,27,30)/t18-/m0/s1. The highest BCUT2D eigenvalue weighted by atomic mass is 19.1. The van der Waals surface area contributed by atoms with Crippen LogP contribution in [0.15, 0.2) is 61.3 Å². The van der Waals surface area contributed by atoms with Gasteiger partial charge in [-0.3, -0.25) is 10.1 Å². The van der Waals surface area contributed by atoms with Crippen molar-refractivity contribution in [3.63, 3.8) is 0 Å². The van der Waals surface area contributed by atoms with Gasteiger partial charge in [-0.1, -0.05) is 6.07 Å². The Labute approximate surface area is 189 Å². The molecule has 1 aliphatic rings. The van der Waals surface area contributed by atoms with Crippen molar-refractivity contribution < 1.29 is 18.3 Å². The average Bonchev–Trinajstić information content (AvgIpc) is 3.59. The van der Waals surface area contributed by atoms with Gasteiger partial charge < -0.3 is 4.74 Å². The molecule has 10 nitrogen and oxygen atoms in total. The third-order valence-electron chi connectivity index (χ3n) is 5.50. The molecule has 1 fully saturated rings. The van der Waals surface area contributed by atoms with Crippen LogP contribution in [0.5, 0.6) is 0 Å². The molecular weight excluding hydrogens is 446 g/mol. The highest BCUT2D eigenvalue weighted by Crippen LogP contribution is 2.33. The summed E-state index contributed by atoms with van der Waals surface area (Å²) in [5.74, 6) is -0.438. The number of nitrogens with one attached hydrogen (secondary N) is 1. The SMILES string of the molecule is O=C1OC[C@@H](c2ccc(F)cn2)N1c1ccn2ncc(-c3ccc(-c4nc[nH]n4)c(F)c3)c2n1. The summed E-state index contributed by atoms with van der Waals surface area (Å²) < 4.78 is 34.9. The second-order valence-corrected chi connectivity index (χ2v) is 7.49. The molecule has 12 heteroatoms. The number of aromatic nitrogens is 7. The van der Waals surface area contributed by atoms with Gasteiger partial charge in [0.15, 0.2) is 11.5 Å². The Morgan fingerprint density at radius 1 is 1.06 bits per heavy atom. The van der Waals surface area contributed by atoms with Crippen molar-refractivity contribution in [1.82, 2.24) is 34.8 Å². The van der Waals surface area contributed by atoms with Crippen LogP contribution in [0.3, 0.4) is 0 Å². The molecule has 0 bridgehead atoms. The Bertz CT molecular complexity index is 1520. The number of carbonyl (C=O) groups excluding carboxylic acids is 1. The lowest BCUT2D eigenvalue weighted by Crippen LogP contribution is -2.28. The molecule has 0 spiro atoms. The number of rotatable bonds is 4. The van der Waals surface area contributed by atoms with E-state index in [4.69, 9.17) is 4.74 Å². The summed E-state index contributed by atoms with van der Waals surface area (Å²) >= 11 is 0. The van der Waals surface area contributed by atoms with Crippen LogP contribution in [0.4, 0.5) is 19.4 Å². The summed E-state index contributed by atoms with van der Waals surface area (Å²) in [4.78, 5) is 26.5. The Kier molecular flexibility index (Phi) is 4.50. The minimum atomic E-state index is -0.601. The summed E-state index contributed by atoms with van der Waals surface area (Å²) in [6.45, 7) is 0.0460. The third-order valence-corrected chi connectivity index (χ3v) is 5.50. The monoisotopic (exact) mass is 460 g/mol. The lowest BCUT2D eigenvalue weighted by Gasteiger charge is -2.20. The molecule has 1 saturated heterocycles. The van der Waals surface area contributed by atoms with E-state index in [0.29, 0.717) is 28.3 Å². The molecule has 0 unspecified atom stereocenters. The number of nitrogens with zero attached hydrogens (tertiary/aromatic N) is 7. The fourth-order valence-corrected chi connectivity index (χ4v) is 3.88. The molecule has 1 aliphatic heterocycles. The quantitative estimate of drug-likeness (QED) is 0.436. The van der Waals surface area contributed by atoms with Crippen LogP contribution in [0, 0.1) is 11.6 Å². The third kappa shape index (κ3) is 3.23. The van der Waals surface area contributed by atoms with Gasteiger partial charge in [0.25, 0.3) is 0 Å². The van der Waals surface area contributed by atoms with Gasteiger partial charge in [-0.15, -0.1) is 0 Å². The zero-order valence-electron chi connectivity index (χ0n) is 17.3. The van der Waals surface area contributed by atoms with Crippen molar-refractivity contribution in [3.05, 3.63) is 78.6 Å². The minimum absolute atomic E-state index is 0.0460. The minimum Gasteiger partial charge on any atom is -0.446 e. The average molecular weight is 460 g/mol. The van der Waals surface area contributed by atoms with Crippen LogP contribution in [0.2, 0.25) is 0 Å². The molecule has 5 heterocycles. The molecule has 6 rings (SSSR count). The summed E-state index contributed by atoms with van der Waals surface area (Å²) in [7, 11) is 0. The van der Waals surface area contributed by atoms with Crippen molar-refractivity contribution >= 4 is 17.6 Å². The van der Waals surface area contributed by atoms with E-state index in [9.17, 15) is 13.6 Å². The van der Waals surface area contributed by atoms with E-state index in [2.05, 4.69) is 30.2 Å². The molecule has 168 valence electrons. The molecule has 0 radical (unpaired) electrons. The van der Waals surface area contributed by atoms with E-state index in [0.717, 1.165) is 6.20 Å². The normalized spacial score (nSPS) is 15.8. The molecule has 5 aromatic rings. The zero-order chi connectivity index (χ0) is 23.2. The van der Waals surface area contributed by atoms with E-state index in [1.165, 1.54) is 33.9 Å². The van der Waals surface area contributed by atoms with E-state index >= 15 is 0 Å². The van der Waals surface area contributed by atoms with Gasteiger partial charge in [-0.25, -0.2) is 33.0 Å². The summed E-state index contributed by atoms with van der Waals surface area (Å²) in [6, 6.07) is 8.45. The number of amides is 1. The maximum absolute atomic E-state index is 14.8. The fourth-order valence-electron chi connectivity index (χ4n) is 3.88. The van der Waals surface area contributed by atoms with Crippen LogP contribution in [0.1, 0.15) is 11.7 Å². The van der Waals surface area contributed by atoms with Gasteiger partial charge >= 0.3 is 6.09 Å². The number of cyclic esters (lactones) is 1. The number of hydrogen-bond acceptors (Lipinski definition) is 7. The maximum Gasteiger partial charge on any atom is 0.416 e. The highest BCUT2D eigenvalue weighted by molar-refractivity contribution is 5.90. The Morgan fingerprint density at radius 2 is 1.97 bits per heavy atom. The number of anilines is 1. The number of pyridine rings is 1. The highest BCUT2D eigenvalue weighted by Gasteiger charge is 2.37. The number of H-pyrrole nitrogens is 1. The predicted molar refractivity (Wildman–Crippen MR) is 115 cm³/mol. The zero-order valence-corrected chi connectivity index (χ0v) is 17.3. The van der Waals surface area contributed by atoms with Crippen molar-refractivity contribution in [1.29, 1.82) is 0 Å². The number of benzene rings is 1. The Balaban J connectivity index is 1.40. The summed E-state index contributed by atoms with van der Waals surface area (Å²) in [5, 5.41) is 10.8. The molecule has 1 amide bonds. The summed E-state index contributed by atoms with van der Waals surface area (Å²) in [5.41, 5.74) is 2.23. The molecular formula is C22H14F2N8O2. The topological polar surface area (TPSA) is 114 Å². The molecule has 0 aliphatic carbocycles. The first kappa shape index (κ1) is 19.9. The number of fused-ring (bicyclic) bond motifs is 1. The Hall–Kier alpha value is -4.74. The smallest absolute Gasteiger partial charge is 0.416 e. The lowest BCUT2D eigenvalue weighted by molar-refractivity contribution is 0.178. The number of aromatic amines is 1. The van der Waals surface area contributed by atoms with Crippen molar-refractivity contribution in [2.24, 2.45) is 0 Å². The van der Waals surface area contributed by atoms with Gasteiger partial charge in [0.05, 0.1) is 23.7 Å². The molecule has 4 aromatic heterocycles. The van der Waals surface area contributed by atoms with E-state index in [1.54, 1.807) is 30.6 Å². The van der Waals surface area contributed by atoms with Gasteiger partial charge in [-0.05, 0) is 35.9 Å². The Morgan fingerprint density at radius 3 is 2.74 bits per heavy atom. The van der Waals surface area contributed by atoms with Gasteiger partial charge in [0.2, 0.25) is 0 Å². The van der Waals surface area contributed by atoms with Gasteiger partial charge in [-0.2, -0.15) is 10.2 Å². The second-order valence-electron chi connectivity index (χ2n) is 7.49. The molecule has 1 aromatic carbocycles. The number of carbonyl (C=O) groups is 1. The van der Waals surface area contributed by atoms with Crippen LogP contribution >= 0.6 is 0 Å². The fraction of sp³-hybridized carbons (Fsp3) is 0.0909. The number of ether oxygens (including phenoxy) is 1. The summed E-state index contributed by atoms with van der Waals surface area (Å²) in [6.07, 6.45) is 5.06. The van der Waals surface area contributed by atoms with E-state index in [-0.39, 0.29) is 18.0 Å². The molecule has 0 saturated carbocycles. The van der Waals surface area contributed by atoms with Crippen molar-refractivity contribution in [2.75, 3.05) is 11.5 Å². The lowest BCUT2D eigenvalue weighted by atomic mass is 10.1. The predicted octanol–water partition coefficient (Wildman–Crippen LogP) is 3.55. The number of halogens is 2. The first-order chi connectivity index (χ1) is 16.6. The van der Waals surface area contributed by atoms with Crippen molar-refractivity contribution in [3.8, 4) is 22.5 Å². The first-order valence-electron chi connectivity index (χ1n) is 10.2.